The van der Waals surface area contributed by atoms with Crippen LogP contribution < -0.4 is 10.1 Å². The van der Waals surface area contributed by atoms with Gasteiger partial charge in [0.2, 0.25) is 0 Å². The van der Waals surface area contributed by atoms with E-state index >= 15 is 0 Å². The highest BCUT2D eigenvalue weighted by Gasteiger charge is 2.09. The summed E-state index contributed by atoms with van der Waals surface area (Å²) in [6.45, 7) is 11.3. The van der Waals surface area contributed by atoms with Crippen molar-refractivity contribution in [2.24, 2.45) is 0 Å². The molecule has 112 valence electrons. The summed E-state index contributed by atoms with van der Waals surface area (Å²) in [5.41, 5.74) is 6.10. The summed E-state index contributed by atoms with van der Waals surface area (Å²) in [5.74, 6) is 1.01. The van der Waals surface area contributed by atoms with E-state index in [1.54, 1.807) is 0 Å². The second-order valence-corrected chi connectivity index (χ2v) is 5.85. The fourth-order valence-corrected chi connectivity index (χ4v) is 2.41. The van der Waals surface area contributed by atoms with E-state index in [1.807, 2.05) is 0 Å². The molecule has 0 saturated heterocycles. The molecule has 0 spiro atoms. The second-order valence-electron chi connectivity index (χ2n) is 5.85. The number of para-hydroxylation sites is 1. The second kappa shape index (κ2) is 6.66. The van der Waals surface area contributed by atoms with Crippen LogP contribution in [0.1, 0.15) is 29.2 Å². The maximum atomic E-state index is 6.11. The van der Waals surface area contributed by atoms with Gasteiger partial charge in [-0.15, -0.1) is 0 Å². The molecule has 2 aromatic carbocycles. The van der Waals surface area contributed by atoms with Crippen molar-refractivity contribution in [3.8, 4) is 5.75 Å². The molecule has 2 aromatic rings. The van der Waals surface area contributed by atoms with Crippen molar-refractivity contribution < 1.29 is 4.74 Å². The Hall–Kier alpha value is -1.96. The molecule has 0 aliphatic rings. The zero-order chi connectivity index (χ0) is 15.4. The predicted molar refractivity (Wildman–Crippen MR) is 90.4 cm³/mol. The average Bonchev–Trinajstić information content (AvgIpc) is 2.44. The average molecular weight is 283 g/mol. The molecule has 0 aromatic heterocycles. The molecule has 1 N–H and O–H groups in total. The van der Waals surface area contributed by atoms with Crippen molar-refractivity contribution >= 4 is 5.69 Å². The Kier molecular flexibility index (Phi) is 4.89. The van der Waals surface area contributed by atoms with Crippen LogP contribution in [0.15, 0.2) is 36.4 Å². The van der Waals surface area contributed by atoms with Crippen LogP contribution in [0.25, 0.3) is 0 Å². The summed E-state index contributed by atoms with van der Waals surface area (Å²) < 4.78 is 6.11. The molecule has 2 rings (SSSR count). The summed E-state index contributed by atoms with van der Waals surface area (Å²) >= 11 is 0. The Morgan fingerprint density at radius 2 is 1.62 bits per heavy atom. The molecule has 0 fully saturated rings. The highest BCUT2D eigenvalue weighted by atomic mass is 16.5. The zero-order valence-corrected chi connectivity index (χ0v) is 13.7. The van der Waals surface area contributed by atoms with E-state index in [4.69, 9.17) is 4.74 Å². The smallest absolute Gasteiger partial charge is 0.125 e. The lowest BCUT2D eigenvalue weighted by atomic mass is 10.1. The minimum absolute atomic E-state index is 0.115. The molecule has 21 heavy (non-hydrogen) atoms. The standard InChI is InChI=1S/C19H25NO/c1-13-9-10-14(2)18(11-13)20-12-17(5)21-19-15(3)7-6-8-16(19)4/h6-11,17,20H,12H2,1-5H3. The van der Waals surface area contributed by atoms with Gasteiger partial charge in [-0.25, -0.2) is 0 Å². The van der Waals surface area contributed by atoms with Gasteiger partial charge in [0.15, 0.2) is 0 Å². The van der Waals surface area contributed by atoms with Crippen molar-refractivity contribution in [1.29, 1.82) is 0 Å². The number of hydrogen-bond donors (Lipinski definition) is 1. The summed E-state index contributed by atoms with van der Waals surface area (Å²) in [4.78, 5) is 0. The Morgan fingerprint density at radius 3 is 2.29 bits per heavy atom. The largest absolute Gasteiger partial charge is 0.488 e. The SMILES string of the molecule is Cc1ccc(C)c(NCC(C)Oc2c(C)cccc2C)c1. The van der Waals surface area contributed by atoms with E-state index in [0.29, 0.717) is 0 Å². The lowest BCUT2D eigenvalue weighted by molar-refractivity contribution is 0.231. The highest BCUT2D eigenvalue weighted by molar-refractivity contribution is 5.52. The summed E-state index contributed by atoms with van der Waals surface area (Å²) in [6.07, 6.45) is 0.115. The third kappa shape index (κ3) is 4.01. The normalized spacial score (nSPS) is 12.0. The number of rotatable bonds is 5. The Bertz CT molecular complexity index is 599. The van der Waals surface area contributed by atoms with Crippen LogP contribution in [0.3, 0.4) is 0 Å². The van der Waals surface area contributed by atoms with Crippen LogP contribution >= 0.6 is 0 Å². The van der Waals surface area contributed by atoms with Gasteiger partial charge in [0.1, 0.15) is 11.9 Å². The van der Waals surface area contributed by atoms with Crippen molar-refractivity contribution in [2.45, 2.75) is 40.7 Å². The first kappa shape index (κ1) is 15.4. The van der Waals surface area contributed by atoms with Gasteiger partial charge in [0, 0.05) is 5.69 Å². The number of anilines is 1. The molecule has 0 aliphatic carbocycles. The van der Waals surface area contributed by atoms with Gasteiger partial charge >= 0.3 is 0 Å². The number of aryl methyl sites for hydroxylation is 4. The van der Waals surface area contributed by atoms with Crippen molar-refractivity contribution in [3.05, 3.63) is 58.7 Å². The maximum absolute atomic E-state index is 6.11. The lowest BCUT2D eigenvalue weighted by Gasteiger charge is -2.20. The van der Waals surface area contributed by atoms with Crippen LogP contribution in [0.2, 0.25) is 0 Å². The summed E-state index contributed by atoms with van der Waals surface area (Å²) in [6, 6.07) is 12.7. The Morgan fingerprint density at radius 1 is 0.952 bits per heavy atom. The topological polar surface area (TPSA) is 21.3 Å². The first-order valence-corrected chi connectivity index (χ1v) is 7.51. The third-order valence-corrected chi connectivity index (χ3v) is 3.70. The quantitative estimate of drug-likeness (QED) is 0.851. The molecule has 1 unspecified atom stereocenters. The van der Waals surface area contributed by atoms with E-state index in [0.717, 1.165) is 12.3 Å². The lowest BCUT2D eigenvalue weighted by Crippen LogP contribution is -2.23. The predicted octanol–water partition coefficient (Wildman–Crippen LogP) is 4.80. The van der Waals surface area contributed by atoms with E-state index in [-0.39, 0.29) is 6.10 Å². The molecule has 0 aliphatic heterocycles. The van der Waals surface area contributed by atoms with Gasteiger partial charge < -0.3 is 10.1 Å². The van der Waals surface area contributed by atoms with E-state index in [1.165, 1.54) is 27.9 Å². The van der Waals surface area contributed by atoms with Crippen LogP contribution in [0.5, 0.6) is 5.75 Å². The number of nitrogens with one attached hydrogen (secondary N) is 1. The molecular formula is C19H25NO. The fourth-order valence-electron chi connectivity index (χ4n) is 2.41. The first-order chi connectivity index (χ1) is 9.97. The first-order valence-electron chi connectivity index (χ1n) is 7.51. The van der Waals surface area contributed by atoms with Crippen LogP contribution in [-0.4, -0.2) is 12.6 Å². The minimum atomic E-state index is 0.115. The number of hydrogen-bond acceptors (Lipinski definition) is 2. The number of benzene rings is 2. The van der Waals surface area contributed by atoms with Gasteiger partial charge in [-0.05, 0) is 62.9 Å². The van der Waals surface area contributed by atoms with Crippen molar-refractivity contribution in [3.63, 3.8) is 0 Å². The van der Waals surface area contributed by atoms with Gasteiger partial charge in [0.25, 0.3) is 0 Å². The van der Waals surface area contributed by atoms with Crippen LogP contribution in [0.4, 0.5) is 5.69 Å². The summed E-state index contributed by atoms with van der Waals surface area (Å²) in [7, 11) is 0. The van der Waals surface area contributed by atoms with Crippen molar-refractivity contribution in [1.82, 2.24) is 0 Å². The molecule has 0 bridgehead atoms. The maximum Gasteiger partial charge on any atom is 0.125 e. The fraction of sp³-hybridized carbons (Fsp3) is 0.368. The monoisotopic (exact) mass is 283 g/mol. The molecule has 0 amide bonds. The molecule has 2 nitrogen and oxygen atoms in total. The minimum Gasteiger partial charge on any atom is -0.488 e. The van der Waals surface area contributed by atoms with Gasteiger partial charge in [0.05, 0.1) is 6.54 Å². The van der Waals surface area contributed by atoms with Crippen LogP contribution in [-0.2, 0) is 0 Å². The molecule has 1 atom stereocenters. The van der Waals surface area contributed by atoms with Gasteiger partial charge in [-0.2, -0.15) is 0 Å². The van der Waals surface area contributed by atoms with Crippen molar-refractivity contribution in [2.75, 3.05) is 11.9 Å². The summed E-state index contributed by atoms with van der Waals surface area (Å²) in [5, 5.41) is 3.49. The Labute approximate surface area is 128 Å². The van der Waals surface area contributed by atoms with E-state index in [2.05, 4.69) is 76.3 Å². The molecule has 2 heteroatoms. The molecule has 0 heterocycles. The molecular weight excluding hydrogens is 258 g/mol. The zero-order valence-electron chi connectivity index (χ0n) is 13.7. The van der Waals surface area contributed by atoms with Gasteiger partial charge in [-0.3, -0.25) is 0 Å². The van der Waals surface area contributed by atoms with Crippen LogP contribution in [0, 0.1) is 27.7 Å². The Balaban J connectivity index is 1.99. The van der Waals surface area contributed by atoms with Gasteiger partial charge in [-0.1, -0.05) is 30.3 Å². The highest BCUT2D eigenvalue weighted by Crippen LogP contribution is 2.24. The molecule has 0 saturated carbocycles. The third-order valence-electron chi connectivity index (χ3n) is 3.70. The molecule has 0 radical (unpaired) electrons. The van der Waals surface area contributed by atoms with E-state index < -0.39 is 0 Å². The number of ether oxygens (including phenoxy) is 1. The van der Waals surface area contributed by atoms with E-state index in [9.17, 15) is 0 Å².